The number of halogens is 1. The number of carbonyl (C=O) groups excluding carboxylic acids is 1. The lowest BCUT2D eigenvalue weighted by molar-refractivity contribution is -0.0393. The van der Waals surface area contributed by atoms with Crippen molar-refractivity contribution in [2.45, 2.75) is 83.5 Å². The first kappa shape index (κ1) is 19.2. The van der Waals surface area contributed by atoms with E-state index >= 15 is 0 Å². The molecule has 3 fully saturated rings. The van der Waals surface area contributed by atoms with Gasteiger partial charge in [0.2, 0.25) is 0 Å². The number of nitrogens with zero attached hydrogens (tertiary/aromatic N) is 3. The van der Waals surface area contributed by atoms with Crippen LogP contribution in [0.5, 0.6) is 0 Å². The Labute approximate surface area is 160 Å². The predicted molar refractivity (Wildman–Crippen MR) is 102 cm³/mol. The number of ether oxygens (including phenoxy) is 1. The van der Waals surface area contributed by atoms with Gasteiger partial charge in [-0.1, -0.05) is 18.0 Å². The van der Waals surface area contributed by atoms with Gasteiger partial charge in [-0.05, 0) is 71.9 Å². The summed E-state index contributed by atoms with van der Waals surface area (Å²) < 4.78 is 5.72. The smallest absolute Gasteiger partial charge is 0.410 e. The number of fused-ring (bicyclic) bond motifs is 4. The second-order valence-electron chi connectivity index (χ2n) is 8.84. The summed E-state index contributed by atoms with van der Waals surface area (Å²) in [6.45, 7) is 10.1. The van der Waals surface area contributed by atoms with Crippen LogP contribution in [0.2, 0.25) is 5.15 Å². The van der Waals surface area contributed by atoms with Crippen LogP contribution in [0.15, 0.2) is 12.1 Å². The number of aromatic nitrogens is 2. The highest BCUT2D eigenvalue weighted by molar-refractivity contribution is 6.29. The minimum Gasteiger partial charge on any atom is -0.444 e. The van der Waals surface area contributed by atoms with Crippen LogP contribution in [0.4, 0.5) is 10.6 Å². The summed E-state index contributed by atoms with van der Waals surface area (Å²) in [5, 5.41) is 12.0. The van der Waals surface area contributed by atoms with Gasteiger partial charge in [0.15, 0.2) is 5.15 Å². The summed E-state index contributed by atoms with van der Waals surface area (Å²) in [7, 11) is 0. The number of nitrogens with one attached hydrogen (secondary N) is 1. The molecule has 0 aromatic carbocycles. The second-order valence-corrected chi connectivity index (χ2v) is 9.23. The van der Waals surface area contributed by atoms with Gasteiger partial charge < -0.3 is 10.1 Å². The van der Waals surface area contributed by atoms with Crippen molar-refractivity contribution in [2.24, 2.45) is 5.92 Å². The molecule has 4 atom stereocenters. The summed E-state index contributed by atoms with van der Waals surface area (Å²) in [5.41, 5.74) is -0.721. The Morgan fingerprint density at radius 3 is 2.73 bits per heavy atom. The zero-order valence-corrected chi connectivity index (χ0v) is 17.0. The zero-order valence-electron chi connectivity index (χ0n) is 16.3. The molecule has 2 bridgehead atoms. The summed E-state index contributed by atoms with van der Waals surface area (Å²) >= 11 is 5.84. The molecule has 144 valence electrons. The van der Waals surface area contributed by atoms with E-state index in [1.807, 2.05) is 31.7 Å². The summed E-state index contributed by atoms with van der Waals surface area (Å²) in [6, 6.07) is 3.94. The van der Waals surface area contributed by atoms with Gasteiger partial charge in [0.25, 0.3) is 0 Å². The maximum Gasteiger partial charge on any atom is 0.410 e. The number of anilines is 1. The van der Waals surface area contributed by atoms with Crippen molar-refractivity contribution in [3.8, 4) is 0 Å². The molecular weight excluding hydrogens is 352 g/mol. The molecule has 1 aromatic rings. The Morgan fingerprint density at radius 2 is 2.12 bits per heavy atom. The van der Waals surface area contributed by atoms with E-state index in [-0.39, 0.29) is 23.7 Å². The molecule has 26 heavy (non-hydrogen) atoms. The molecule has 6 nitrogen and oxygen atoms in total. The van der Waals surface area contributed by atoms with Crippen molar-refractivity contribution in [3.63, 3.8) is 0 Å². The number of carbonyl (C=O) groups is 1. The fraction of sp³-hybridized carbons (Fsp3) is 0.737. The molecule has 1 aromatic heterocycles. The van der Waals surface area contributed by atoms with Crippen LogP contribution in [-0.4, -0.2) is 44.4 Å². The quantitative estimate of drug-likeness (QED) is 0.818. The molecule has 3 heterocycles. The SMILES string of the molecule is C[C@H]1C2CCC[C@@](C)(C[C@@H]2Nc2ccc(Cl)nn2)N1C(=O)OC(C)(C)C. The van der Waals surface area contributed by atoms with E-state index in [2.05, 4.69) is 29.4 Å². The average Bonchev–Trinajstić information content (AvgIpc) is 2.74. The molecule has 1 saturated carbocycles. The molecule has 7 heteroatoms. The maximum atomic E-state index is 12.9. The maximum absolute atomic E-state index is 12.9. The van der Waals surface area contributed by atoms with Gasteiger partial charge >= 0.3 is 6.09 Å². The standard InChI is InChI=1S/C19H29ClN4O2/c1-12-13-7-6-10-19(5,24(12)17(25)26-18(2,3)4)11-14(13)21-16-9-8-15(20)22-23-16/h8-9,12-14H,6-7,10-11H2,1-5H3,(H,21,23)/t12-,13?,14-,19-/m0/s1. The van der Waals surface area contributed by atoms with Gasteiger partial charge in [-0.3, -0.25) is 4.90 Å². The van der Waals surface area contributed by atoms with Gasteiger partial charge in [-0.15, -0.1) is 10.2 Å². The van der Waals surface area contributed by atoms with Gasteiger partial charge in [0.1, 0.15) is 11.4 Å². The predicted octanol–water partition coefficient (Wildman–Crippen LogP) is 4.50. The van der Waals surface area contributed by atoms with E-state index in [0.29, 0.717) is 11.1 Å². The summed E-state index contributed by atoms with van der Waals surface area (Å²) in [4.78, 5) is 14.9. The van der Waals surface area contributed by atoms with Crippen LogP contribution in [-0.2, 0) is 4.74 Å². The number of hydrogen-bond donors (Lipinski definition) is 1. The van der Waals surface area contributed by atoms with Crippen molar-refractivity contribution < 1.29 is 9.53 Å². The Kier molecular flexibility index (Phi) is 5.08. The Bertz CT molecular complexity index is 660. The first-order valence-electron chi connectivity index (χ1n) is 9.37. The molecule has 2 saturated heterocycles. The van der Waals surface area contributed by atoms with Crippen LogP contribution < -0.4 is 5.32 Å². The topological polar surface area (TPSA) is 67.4 Å². The molecule has 0 spiro atoms. The first-order chi connectivity index (χ1) is 12.1. The van der Waals surface area contributed by atoms with E-state index < -0.39 is 5.60 Å². The molecule has 1 amide bonds. The van der Waals surface area contributed by atoms with Crippen LogP contribution in [0.3, 0.4) is 0 Å². The minimum absolute atomic E-state index is 0.101. The molecule has 1 aliphatic carbocycles. The second kappa shape index (κ2) is 6.87. The van der Waals surface area contributed by atoms with Crippen LogP contribution in [0.1, 0.15) is 60.3 Å². The lowest BCUT2D eigenvalue weighted by atomic mass is 9.77. The lowest BCUT2D eigenvalue weighted by Crippen LogP contribution is -2.63. The van der Waals surface area contributed by atoms with Crippen LogP contribution in [0.25, 0.3) is 0 Å². The zero-order chi connectivity index (χ0) is 19.1. The third-order valence-electron chi connectivity index (χ3n) is 5.59. The lowest BCUT2D eigenvalue weighted by Gasteiger charge is -2.52. The molecule has 1 unspecified atom stereocenters. The third kappa shape index (κ3) is 3.90. The highest BCUT2D eigenvalue weighted by Gasteiger charge is 2.52. The molecule has 2 aliphatic heterocycles. The number of piperidine rings is 1. The highest BCUT2D eigenvalue weighted by Crippen LogP contribution is 2.45. The molecule has 4 rings (SSSR count). The van der Waals surface area contributed by atoms with Crippen molar-refractivity contribution in [3.05, 3.63) is 17.3 Å². The van der Waals surface area contributed by atoms with Crippen LogP contribution >= 0.6 is 11.6 Å². The Hall–Kier alpha value is -1.56. The van der Waals surface area contributed by atoms with Crippen molar-refractivity contribution in [1.82, 2.24) is 15.1 Å². The van der Waals surface area contributed by atoms with E-state index in [4.69, 9.17) is 16.3 Å². The number of hydrogen-bond acceptors (Lipinski definition) is 5. The van der Waals surface area contributed by atoms with Crippen molar-refractivity contribution in [2.75, 3.05) is 5.32 Å². The fourth-order valence-electron chi connectivity index (χ4n) is 4.57. The Balaban J connectivity index is 1.82. The van der Waals surface area contributed by atoms with Gasteiger partial charge in [-0.2, -0.15) is 0 Å². The van der Waals surface area contributed by atoms with Gasteiger partial charge in [0.05, 0.1) is 0 Å². The normalized spacial score (nSPS) is 31.5. The van der Waals surface area contributed by atoms with E-state index in [0.717, 1.165) is 31.5 Å². The molecular formula is C19H29ClN4O2. The van der Waals surface area contributed by atoms with E-state index in [1.54, 1.807) is 6.07 Å². The number of rotatable bonds is 2. The van der Waals surface area contributed by atoms with E-state index in [1.165, 1.54) is 0 Å². The monoisotopic (exact) mass is 380 g/mol. The average molecular weight is 381 g/mol. The molecule has 1 N–H and O–H groups in total. The Morgan fingerprint density at radius 1 is 1.38 bits per heavy atom. The minimum atomic E-state index is -0.491. The fourth-order valence-corrected chi connectivity index (χ4v) is 4.67. The first-order valence-corrected chi connectivity index (χ1v) is 9.75. The van der Waals surface area contributed by atoms with Crippen molar-refractivity contribution in [1.29, 1.82) is 0 Å². The molecule has 0 radical (unpaired) electrons. The van der Waals surface area contributed by atoms with Gasteiger partial charge in [0, 0.05) is 17.6 Å². The third-order valence-corrected chi connectivity index (χ3v) is 5.79. The van der Waals surface area contributed by atoms with Crippen LogP contribution in [0, 0.1) is 5.92 Å². The molecule has 3 aliphatic rings. The highest BCUT2D eigenvalue weighted by atomic mass is 35.5. The summed E-state index contributed by atoms with van der Waals surface area (Å²) in [6.07, 6.45) is 3.83. The largest absolute Gasteiger partial charge is 0.444 e. The van der Waals surface area contributed by atoms with Crippen molar-refractivity contribution >= 4 is 23.5 Å². The van der Waals surface area contributed by atoms with Gasteiger partial charge in [-0.25, -0.2) is 4.79 Å². The summed E-state index contributed by atoms with van der Waals surface area (Å²) in [5.74, 6) is 1.07. The van der Waals surface area contributed by atoms with E-state index in [9.17, 15) is 4.79 Å². The number of amides is 1.